The molecule has 3 N–H and O–H groups in total. The first-order valence-electron chi connectivity index (χ1n) is 13.3. The number of nitrogens with two attached hydrogens (primary N) is 1. The summed E-state index contributed by atoms with van der Waals surface area (Å²) in [6.07, 6.45) is 4.42. The molecule has 0 aliphatic carbocycles. The van der Waals surface area contributed by atoms with E-state index in [9.17, 15) is 0 Å². The topological polar surface area (TPSA) is 123 Å². The van der Waals surface area contributed by atoms with Gasteiger partial charge in [-0.15, -0.1) is 0 Å². The van der Waals surface area contributed by atoms with Crippen LogP contribution in [0.1, 0.15) is 5.56 Å². The Balaban J connectivity index is 1.25. The van der Waals surface area contributed by atoms with Crippen molar-refractivity contribution in [3.63, 3.8) is 0 Å². The summed E-state index contributed by atoms with van der Waals surface area (Å²) in [5.74, 6) is 3.36. The molecule has 0 amide bonds. The molecule has 4 aromatic rings. The maximum Gasteiger partial charge on any atom is 0.157 e. The van der Waals surface area contributed by atoms with Gasteiger partial charge >= 0.3 is 0 Å². The number of aromatic nitrogens is 3. The summed E-state index contributed by atoms with van der Waals surface area (Å²) in [6.45, 7) is 7.16. The number of ether oxygens (including phenoxy) is 3. The molecule has 11 heteroatoms. The van der Waals surface area contributed by atoms with Gasteiger partial charge in [0.2, 0.25) is 0 Å². The second-order valence-corrected chi connectivity index (χ2v) is 9.82. The Morgan fingerprint density at radius 3 is 2.92 bits per heavy atom. The Morgan fingerprint density at radius 1 is 1.15 bits per heavy atom. The molecule has 2 aromatic carbocycles. The predicted octanol–water partition coefficient (Wildman–Crippen LogP) is 4.02. The van der Waals surface area contributed by atoms with Crippen LogP contribution in [0.3, 0.4) is 0 Å². The lowest BCUT2D eigenvalue weighted by molar-refractivity contribution is 0.119. The Kier molecular flexibility index (Phi) is 7.30. The molecule has 1 unspecified atom stereocenters. The number of pyridine rings is 1. The second kappa shape index (κ2) is 11.3. The van der Waals surface area contributed by atoms with Crippen LogP contribution in [-0.2, 0) is 4.74 Å². The summed E-state index contributed by atoms with van der Waals surface area (Å²) in [5.41, 5.74) is 9.14. The molecule has 1 fully saturated rings. The minimum absolute atomic E-state index is 0.297. The first kappa shape index (κ1) is 25.8. The number of hydrogen-bond donors (Lipinski definition) is 2. The summed E-state index contributed by atoms with van der Waals surface area (Å²) in [4.78, 5) is 22.2. The minimum atomic E-state index is 0.297. The molecule has 2 aromatic heterocycles. The van der Waals surface area contributed by atoms with E-state index in [2.05, 4.69) is 41.1 Å². The zero-order valence-corrected chi connectivity index (χ0v) is 22.6. The van der Waals surface area contributed by atoms with E-state index in [-0.39, 0.29) is 0 Å². The van der Waals surface area contributed by atoms with Crippen molar-refractivity contribution in [2.75, 3.05) is 56.7 Å². The molecule has 4 heterocycles. The average molecular weight is 541 g/mol. The Bertz CT molecular complexity index is 1550. The molecular weight excluding hydrogens is 508 g/mol. The number of rotatable bonds is 8. The maximum absolute atomic E-state index is 6.41. The van der Waals surface area contributed by atoms with Crippen LogP contribution in [0.5, 0.6) is 17.2 Å². The largest absolute Gasteiger partial charge is 0.488 e. The normalized spacial score (nSPS) is 16.9. The summed E-state index contributed by atoms with van der Waals surface area (Å²) >= 11 is 0. The van der Waals surface area contributed by atoms with Crippen molar-refractivity contribution in [2.24, 2.45) is 10.7 Å². The van der Waals surface area contributed by atoms with Crippen LogP contribution in [0, 0.1) is 6.92 Å². The fourth-order valence-corrected chi connectivity index (χ4v) is 5.28. The predicted molar refractivity (Wildman–Crippen MR) is 156 cm³/mol. The van der Waals surface area contributed by atoms with Crippen LogP contribution in [0.15, 0.2) is 60.0 Å². The van der Waals surface area contributed by atoms with E-state index in [1.807, 2.05) is 31.2 Å². The fraction of sp³-hybridized carbons (Fsp3) is 0.310. The van der Waals surface area contributed by atoms with Gasteiger partial charge in [0.1, 0.15) is 30.3 Å². The minimum Gasteiger partial charge on any atom is -0.488 e. The van der Waals surface area contributed by atoms with E-state index < -0.39 is 0 Å². The summed E-state index contributed by atoms with van der Waals surface area (Å²) < 4.78 is 17.8. The van der Waals surface area contributed by atoms with Gasteiger partial charge in [0, 0.05) is 51.2 Å². The van der Waals surface area contributed by atoms with Gasteiger partial charge in [0.25, 0.3) is 0 Å². The van der Waals surface area contributed by atoms with Gasteiger partial charge in [0.05, 0.1) is 35.6 Å². The third-order valence-corrected chi connectivity index (χ3v) is 7.23. The lowest BCUT2D eigenvalue weighted by Gasteiger charge is -2.45. The van der Waals surface area contributed by atoms with E-state index >= 15 is 0 Å². The van der Waals surface area contributed by atoms with Gasteiger partial charge in [-0.25, -0.2) is 19.9 Å². The van der Waals surface area contributed by atoms with E-state index in [1.165, 1.54) is 6.34 Å². The molecule has 6 rings (SSSR count). The van der Waals surface area contributed by atoms with E-state index in [1.54, 1.807) is 31.8 Å². The van der Waals surface area contributed by atoms with Crippen LogP contribution in [0.4, 0.5) is 23.0 Å². The van der Waals surface area contributed by atoms with Crippen LogP contribution in [0.2, 0.25) is 0 Å². The highest BCUT2D eigenvalue weighted by molar-refractivity contribution is 6.00. The number of hydrogen-bond acceptors (Lipinski definition) is 10. The lowest BCUT2D eigenvalue weighted by atomic mass is 10.1. The van der Waals surface area contributed by atoms with Crippen molar-refractivity contribution in [2.45, 2.75) is 13.0 Å². The monoisotopic (exact) mass is 540 g/mol. The van der Waals surface area contributed by atoms with Crippen LogP contribution < -0.4 is 25.4 Å². The quantitative estimate of drug-likeness (QED) is 0.250. The van der Waals surface area contributed by atoms with Crippen molar-refractivity contribution >= 4 is 40.3 Å². The molecule has 0 saturated carbocycles. The fourth-order valence-electron chi connectivity index (χ4n) is 5.28. The van der Waals surface area contributed by atoms with Gasteiger partial charge in [-0.2, -0.15) is 0 Å². The van der Waals surface area contributed by atoms with E-state index in [0.717, 1.165) is 72.1 Å². The molecule has 0 radical (unpaired) electrons. The molecule has 0 spiro atoms. The number of aryl methyl sites for hydroxylation is 1. The molecular formula is C29H32N8O3. The zero-order valence-electron chi connectivity index (χ0n) is 22.6. The number of anilines is 3. The Hall–Kier alpha value is -4.48. The average Bonchev–Trinajstić information content (AvgIpc) is 2.97. The molecule has 2 aliphatic rings. The smallest absolute Gasteiger partial charge is 0.157 e. The van der Waals surface area contributed by atoms with Crippen LogP contribution in [-0.4, -0.2) is 78.7 Å². The van der Waals surface area contributed by atoms with E-state index in [0.29, 0.717) is 30.0 Å². The number of piperazine rings is 1. The molecule has 1 atom stereocenters. The number of fused-ring (bicyclic) bond motifs is 5. The van der Waals surface area contributed by atoms with E-state index in [4.69, 9.17) is 19.9 Å². The lowest BCUT2D eigenvalue weighted by Crippen LogP contribution is -2.57. The number of benzene rings is 2. The Labute approximate surface area is 232 Å². The molecule has 1 saturated heterocycles. The number of nitrogens with zero attached hydrogens (tertiary/aromatic N) is 6. The third-order valence-electron chi connectivity index (χ3n) is 7.23. The van der Waals surface area contributed by atoms with Crippen LogP contribution in [0.25, 0.3) is 10.9 Å². The first-order valence-corrected chi connectivity index (χ1v) is 13.3. The summed E-state index contributed by atoms with van der Waals surface area (Å²) in [6, 6.07) is 13.9. The highest BCUT2D eigenvalue weighted by atomic mass is 16.5. The van der Waals surface area contributed by atoms with Gasteiger partial charge in [0.15, 0.2) is 11.6 Å². The summed E-state index contributed by atoms with van der Waals surface area (Å²) in [5, 5.41) is 4.36. The van der Waals surface area contributed by atoms with Crippen molar-refractivity contribution in [1.82, 2.24) is 19.9 Å². The van der Waals surface area contributed by atoms with Gasteiger partial charge in [-0.1, -0.05) is 0 Å². The Morgan fingerprint density at radius 2 is 2.08 bits per heavy atom. The van der Waals surface area contributed by atoms with Gasteiger partial charge in [-0.05, 0) is 48.9 Å². The number of aliphatic imine (C=N–C) groups is 1. The van der Waals surface area contributed by atoms with Crippen LogP contribution >= 0.6 is 0 Å². The van der Waals surface area contributed by atoms with Gasteiger partial charge in [-0.3, -0.25) is 4.90 Å². The maximum atomic E-state index is 6.41. The molecule has 206 valence electrons. The number of methoxy groups -OCH3 is 1. The number of nitrogens with one attached hydrogen (secondary N) is 1. The highest BCUT2D eigenvalue weighted by Crippen LogP contribution is 2.43. The standard InChI is InChI=1S/C29H32N8O3/c1-19-13-20(3-6-25(19)40-22-7-8-31-26(14-22)32-17-30)35-29-27-23(33-18-34-29)4-5-24-28(27)39-16-21-15-36(11-12-38-2)9-10-37(21)24/h3-8,13-14,17-18,21H,9-12,15-16H2,1-2H3,(H2,30,31,32)(H,33,34,35). The zero-order chi connectivity index (χ0) is 27.5. The third kappa shape index (κ3) is 5.21. The van der Waals surface area contributed by atoms with Crippen molar-refractivity contribution in [3.05, 3.63) is 60.6 Å². The highest BCUT2D eigenvalue weighted by Gasteiger charge is 2.34. The molecule has 0 bridgehead atoms. The molecule has 11 nitrogen and oxygen atoms in total. The van der Waals surface area contributed by atoms with Crippen molar-refractivity contribution < 1.29 is 14.2 Å². The second-order valence-electron chi connectivity index (χ2n) is 9.82. The van der Waals surface area contributed by atoms with Crippen molar-refractivity contribution in [1.29, 1.82) is 0 Å². The first-order chi connectivity index (χ1) is 19.6. The molecule has 40 heavy (non-hydrogen) atoms. The SMILES string of the molecule is COCCN1CCN2c3ccc4ncnc(Nc5ccc(Oc6ccnc(N=CN)c6)c(C)c5)c4c3OCC2C1. The van der Waals surface area contributed by atoms with Gasteiger partial charge < -0.3 is 30.2 Å². The summed E-state index contributed by atoms with van der Waals surface area (Å²) in [7, 11) is 1.75. The van der Waals surface area contributed by atoms with Crippen molar-refractivity contribution in [3.8, 4) is 17.2 Å². The molecule has 2 aliphatic heterocycles.